The minimum atomic E-state index is 0.520. The molecular formula is C12H25NO. The topological polar surface area (TPSA) is 12.5 Å². The van der Waals surface area contributed by atoms with Crippen LogP contribution in [0.4, 0.5) is 0 Å². The summed E-state index contributed by atoms with van der Waals surface area (Å²) in [6, 6.07) is 0.705. The van der Waals surface area contributed by atoms with Crippen LogP contribution in [0.25, 0.3) is 0 Å². The lowest BCUT2D eigenvalue weighted by Gasteiger charge is -2.46. The lowest BCUT2D eigenvalue weighted by Crippen LogP contribution is -2.50. The van der Waals surface area contributed by atoms with E-state index in [0.29, 0.717) is 11.5 Å². The molecule has 1 aliphatic heterocycles. The van der Waals surface area contributed by atoms with E-state index in [1.807, 2.05) is 0 Å². The number of ether oxygens (including phenoxy) is 1. The Hall–Kier alpha value is -0.0800. The maximum atomic E-state index is 5.15. The van der Waals surface area contributed by atoms with Crippen molar-refractivity contribution in [1.29, 1.82) is 0 Å². The molecule has 1 rings (SSSR count). The Balaban J connectivity index is 2.52. The number of hydrogen-bond donors (Lipinski definition) is 0. The second-order valence-corrected chi connectivity index (χ2v) is 4.82. The number of hydrogen-bond acceptors (Lipinski definition) is 2. The van der Waals surface area contributed by atoms with Gasteiger partial charge in [0.15, 0.2) is 0 Å². The van der Waals surface area contributed by atoms with Crippen molar-refractivity contribution < 1.29 is 4.74 Å². The highest BCUT2D eigenvalue weighted by atomic mass is 16.5. The summed E-state index contributed by atoms with van der Waals surface area (Å²) >= 11 is 0. The molecule has 0 aromatic heterocycles. The van der Waals surface area contributed by atoms with Gasteiger partial charge >= 0.3 is 0 Å². The Bertz CT molecular complexity index is 172. The normalized spacial score (nSPS) is 34.7. The number of rotatable bonds is 4. The monoisotopic (exact) mass is 199 g/mol. The Morgan fingerprint density at radius 2 is 2.21 bits per heavy atom. The highest BCUT2D eigenvalue weighted by molar-refractivity contribution is 4.89. The van der Waals surface area contributed by atoms with Crippen LogP contribution in [-0.4, -0.2) is 37.7 Å². The van der Waals surface area contributed by atoms with E-state index in [1.54, 1.807) is 7.11 Å². The van der Waals surface area contributed by atoms with E-state index in [2.05, 4.69) is 25.7 Å². The third-order valence-electron chi connectivity index (χ3n) is 4.14. The van der Waals surface area contributed by atoms with E-state index in [0.717, 1.165) is 13.2 Å². The second kappa shape index (κ2) is 5.13. The fraction of sp³-hybridized carbons (Fsp3) is 1.00. The van der Waals surface area contributed by atoms with Gasteiger partial charge in [-0.3, -0.25) is 4.90 Å². The van der Waals surface area contributed by atoms with Gasteiger partial charge in [0.05, 0.1) is 6.61 Å². The van der Waals surface area contributed by atoms with Crippen molar-refractivity contribution in [3.05, 3.63) is 0 Å². The lowest BCUT2D eigenvalue weighted by molar-refractivity contribution is 0.0173. The van der Waals surface area contributed by atoms with E-state index in [-0.39, 0.29) is 0 Å². The standard InChI is InChI=1S/C12H25NO/c1-5-12(3)7-6-8-13(11(12)2)9-10-14-4/h11H,5-10H2,1-4H3/t11-,12?/m1/s1. The molecule has 0 aliphatic carbocycles. The van der Waals surface area contributed by atoms with Gasteiger partial charge in [-0.05, 0) is 38.1 Å². The fourth-order valence-electron chi connectivity index (χ4n) is 2.52. The van der Waals surface area contributed by atoms with E-state index in [9.17, 15) is 0 Å². The average molecular weight is 199 g/mol. The third-order valence-corrected chi connectivity index (χ3v) is 4.14. The zero-order valence-electron chi connectivity index (χ0n) is 10.2. The number of methoxy groups -OCH3 is 1. The van der Waals surface area contributed by atoms with Crippen LogP contribution < -0.4 is 0 Å². The summed E-state index contributed by atoms with van der Waals surface area (Å²) in [6.45, 7) is 10.3. The zero-order valence-corrected chi connectivity index (χ0v) is 10.2. The summed E-state index contributed by atoms with van der Waals surface area (Å²) in [4.78, 5) is 2.58. The molecule has 1 saturated heterocycles. The quantitative estimate of drug-likeness (QED) is 0.690. The molecule has 0 spiro atoms. The molecule has 0 aromatic carbocycles. The average Bonchev–Trinajstić information content (AvgIpc) is 2.20. The van der Waals surface area contributed by atoms with E-state index < -0.39 is 0 Å². The van der Waals surface area contributed by atoms with Gasteiger partial charge in [0, 0.05) is 19.7 Å². The molecular weight excluding hydrogens is 174 g/mol. The van der Waals surface area contributed by atoms with Gasteiger partial charge in [0.25, 0.3) is 0 Å². The Labute approximate surface area is 88.6 Å². The van der Waals surface area contributed by atoms with Crippen molar-refractivity contribution in [2.75, 3.05) is 26.8 Å². The van der Waals surface area contributed by atoms with Crippen molar-refractivity contribution >= 4 is 0 Å². The van der Waals surface area contributed by atoms with Crippen LogP contribution in [0.15, 0.2) is 0 Å². The first-order valence-corrected chi connectivity index (χ1v) is 5.87. The Morgan fingerprint density at radius 3 is 2.79 bits per heavy atom. The lowest BCUT2D eigenvalue weighted by atomic mass is 9.73. The molecule has 0 N–H and O–H groups in total. The predicted octanol–water partition coefficient (Wildman–Crippen LogP) is 2.53. The van der Waals surface area contributed by atoms with Crippen molar-refractivity contribution in [2.45, 2.75) is 46.1 Å². The summed E-state index contributed by atoms with van der Waals surface area (Å²) in [5.41, 5.74) is 0.520. The first kappa shape index (κ1) is 12.0. The van der Waals surface area contributed by atoms with Gasteiger partial charge in [-0.15, -0.1) is 0 Å². The van der Waals surface area contributed by atoms with Crippen LogP contribution in [-0.2, 0) is 4.74 Å². The molecule has 1 heterocycles. The molecule has 1 fully saturated rings. The summed E-state index contributed by atoms with van der Waals surface area (Å²) in [7, 11) is 1.79. The smallest absolute Gasteiger partial charge is 0.0589 e. The molecule has 2 heteroatoms. The highest BCUT2D eigenvalue weighted by Gasteiger charge is 2.36. The van der Waals surface area contributed by atoms with E-state index in [1.165, 1.54) is 25.8 Å². The highest BCUT2D eigenvalue weighted by Crippen LogP contribution is 2.37. The van der Waals surface area contributed by atoms with Crippen LogP contribution in [0, 0.1) is 5.41 Å². The summed E-state index contributed by atoms with van der Waals surface area (Å²) in [6.07, 6.45) is 4.02. The number of likely N-dealkylation sites (tertiary alicyclic amines) is 1. The van der Waals surface area contributed by atoms with Crippen LogP contribution >= 0.6 is 0 Å². The molecule has 14 heavy (non-hydrogen) atoms. The maximum absolute atomic E-state index is 5.15. The number of piperidine rings is 1. The number of nitrogens with zero attached hydrogens (tertiary/aromatic N) is 1. The molecule has 0 amide bonds. The Morgan fingerprint density at radius 1 is 1.50 bits per heavy atom. The minimum Gasteiger partial charge on any atom is -0.383 e. The van der Waals surface area contributed by atoms with E-state index >= 15 is 0 Å². The Kier molecular flexibility index (Phi) is 4.39. The van der Waals surface area contributed by atoms with Crippen molar-refractivity contribution in [1.82, 2.24) is 4.90 Å². The van der Waals surface area contributed by atoms with E-state index in [4.69, 9.17) is 4.74 Å². The maximum Gasteiger partial charge on any atom is 0.0589 e. The van der Waals surface area contributed by atoms with Gasteiger partial charge in [0.2, 0.25) is 0 Å². The SMILES string of the molecule is CCC1(C)CCCN(CCOC)[C@@H]1C. The van der Waals surface area contributed by atoms with Crippen LogP contribution in [0.1, 0.15) is 40.0 Å². The predicted molar refractivity (Wildman–Crippen MR) is 60.5 cm³/mol. The molecule has 0 radical (unpaired) electrons. The van der Waals surface area contributed by atoms with Crippen molar-refractivity contribution in [2.24, 2.45) is 5.41 Å². The van der Waals surface area contributed by atoms with Crippen LogP contribution in [0.3, 0.4) is 0 Å². The zero-order chi connectivity index (χ0) is 10.6. The van der Waals surface area contributed by atoms with Crippen LogP contribution in [0.2, 0.25) is 0 Å². The molecule has 2 nitrogen and oxygen atoms in total. The molecule has 84 valence electrons. The van der Waals surface area contributed by atoms with Gasteiger partial charge in [-0.1, -0.05) is 13.8 Å². The second-order valence-electron chi connectivity index (χ2n) is 4.82. The fourth-order valence-corrected chi connectivity index (χ4v) is 2.52. The van der Waals surface area contributed by atoms with Crippen molar-refractivity contribution in [3.8, 4) is 0 Å². The van der Waals surface area contributed by atoms with Crippen molar-refractivity contribution in [3.63, 3.8) is 0 Å². The van der Waals surface area contributed by atoms with Gasteiger partial charge < -0.3 is 4.74 Å². The largest absolute Gasteiger partial charge is 0.383 e. The summed E-state index contributed by atoms with van der Waals surface area (Å²) in [5.74, 6) is 0. The third kappa shape index (κ3) is 2.48. The first-order valence-electron chi connectivity index (χ1n) is 5.87. The molecule has 0 saturated carbocycles. The first-order chi connectivity index (χ1) is 6.64. The minimum absolute atomic E-state index is 0.520. The summed E-state index contributed by atoms with van der Waals surface area (Å²) < 4.78 is 5.15. The van der Waals surface area contributed by atoms with Gasteiger partial charge in [-0.25, -0.2) is 0 Å². The molecule has 1 aliphatic rings. The molecule has 1 unspecified atom stereocenters. The molecule has 0 aromatic rings. The van der Waals surface area contributed by atoms with Crippen LogP contribution in [0.5, 0.6) is 0 Å². The summed E-state index contributed by atoms with van der Waals surface area (Å²) in [5, 5.41) is 0. The van der Waals surface area contributed by atoms with Gasteiger partial charge in [0.1, 0.15) is 0 Å². The molecule has 2 atom stereocenters. The van der Waals surface area contributed by atoms with Gasteiger partial charge in [-0.2, -0.15) is 0 Å². The molecule has 0 bridgehead atoms.